The predicted molar refractivity (Wildman–Crippen MR) is 119 cm³/mol. The van der Waals surface area contributed by atoms with Crippen LogP contribution in [0.25, 0.3) is 0 Å². The van der Waals surface area contributed by atoms with Gasteiger partial charge in [0, 0.05) is 17.7 Å². The van der Waals surface area contributed by atoms with Crippen molar-refractivity contribution in [2.24, 2.45) is 11.3 Å². The van der Waals surface area contributed by atoms with Crippen molar-refractivity contribution in [2.45, 2.75) is 105 Å². The molecule has 0 saturated heterocycles. The average Bonchev–Trinajstić information content (AvgIpc) is 2.83. The number of carbonyl (C=O) groups is 1. The zero-order valence-electron chi connectivity index (χ0n) is 19.6. The smallest absolute Gasteiger partial charge is 0.224 e. The van der Waals surface area contributed by atoms with Gasteiger partial charge in [-0.25, -0.2) is 0 Å². The van der Waals surface area contributed by atoms with Gasteiger partial charge in [-0.15, -0.1) is 0 Å². The Balaban J connectivity index is 2.12. The number of aliphatic hydroxyl groups is 1. The summed E-state index contributed by atoms with van der Waals surface area (Å²) in [5, 5.41) is 15.4. The molecule has 1 aliphatic carbocycles. The lowest BCUT2D eigenvalue weighted by Crippen LogP contribution is -2.52. The molecule has 0 spiro atoms. The van der Waals surface area contributed by atoms with Crippen molar-refractivity contribution >= 4 is 11.6 Å². The van der Waals surface area contributed by atoms with Crippen LogP contribution < -0.4 is 10.1 Å². The second-order valence-corrected chi connectivity index (χ2v) is 11.0. The maximum atomic E-state index is 12.7. The van der Waals surface area contributed by atoms with Gasteiger partial charge in [0.05, 0.1) is 0 Å². The third-order valence-corrected chi connectivity index (χ3v) is 7.06. The number of amides is 1. The zero-order valence-corrected chi connectivity index (χ0v) is 19.6. The Morgan fingerprint density at radius 3 is 2.21 bits per heavy atom. The summed E-state index contributed by atoms with van der Waals surface area (Å²) < 4.78 is 6.43. The molecule has 1 aliphatic heterocycles. The molecular formula is C25H39NO3. The van der Waals surface area contributed by atoms with Crippen LogP contribution in [0.1, 0.15) is 95.4 Å². The van der Waals surface area contributed by atoms with Gasteiger partial charge in [0.15, 0.2) is 0 Å². The molecule has 0 radical (unpaired) electrons. The van der Waals surface area contributed by atoms with E-state index in [-0.39, 0.29) is 17.2 Å². The van der Waals surface area contributed by atoms with Crippen molar-refractivity contribution in [3.63, 3.8) is 0 Å². The van der Waals surface area contributed by atoms with E-state index < -0.39 is 11.2 Å². The molecule has 1 fully saturated rings. The van der Waals surface area contributed by atoms with Crippen molar-refractivity contribution in [3.05, 3.63) is 22.3 Å². The summed E-state index contributed by atoms with van der Waals surface area (Å²) in [7, 11) is 0. The third kappa shape index (κ3) is 3.69. The van der Waals surface area contributed by atoms with Crippen molar-refractivity contribution in [2.75, 3.05) is 5.32 Å². The molecule has 29 heavy (non-hydrogen) atoms. The van der Waals surface area contributed by atoms with E-state index in [1.165, 1.54) is 6.42 Å². The second-order valence-electron chi connectivity index (χ2n) is 11.0. The highest BCUT2D eigenvalue weighted by atomic mass is 16.5. The highest BCUT2D eigenvalue weighted by Gasteiger charge is 2.59. The average molecular weight is 402 g/mol. The Labute approximate surface area is 176 Å². The van der Waals surface area contributed by atoms with Gasteiger partial charge < -0.3 is 15.2 Å². The summed E-state index contributed by atoms with van der Waals surface area (Å²) in [5.41, 5.74) is 2.88. The lowest BCUT2D eigenvalue weighted by Gasteiger charge is -2.43. The molecule has 1 heterocycles. The Morgan fingerprint density at radius 2 is 1.66 bits per heavy atom. The van der Waals surface area contributed by atoms with E-state index in [4.69, 9.17) is 4.74 Å². The first-order valence-corrected chi connectivity index (χ1v) is 11.1. The molecular weight excluding hydrogens is 362 g/mol. The number of rotatable bonds is 3. The van der Waals surface area contributed by atoms with Crippen LogP contribution in [0.5, 0.6) is 5.75 Å². The first-order chi connectivity index (χ1) is 13.3. The molecule has 3 rings (SSSR count). The van der Waals surface area contributed by atoms with Crippen LogP contribution in [-0.2, 0) is 10.4 Å². The summed E-state index contributed by atoms with van der Waals surface area (Å²) >= 11 is 0. The Bertz CT molecular complexity index is 813. The molecule has 1 unspecified atom stereocenters. The summed E-state index contributed by atoms with van der Waals surface area (Å²) in [6, 6.07) is 0. The molecule has 1 atom stereocenters. The van der Waals surface area contributed by atoms with Crippen LogP contribution in [0, 0.1) is 32.1 Å². The first-order valence-electron chi connectivity index (χ1n) is 11.1. The fourth-order valence-electron chi connectivity index (χ4n) is 5.41. The number of hydrogen-bond acceptors (Lipinski definition) is 3. The maximum Gasteiger partial charge on any atom is 0.224 e. The molecule has 162 valence electrons. The fraction of sp³-hybridized carbons (Fsp3) is 0.720. The topological polar surface area (TPSA) is 58.6 Å². The van der Waals surface area contributed by atoms with Crippen LogP contribution in [0.15, 0.2) is 0 Å². The van der Waals surface area contributed by atoms with E-state index >= 15 is 0 Å². The Morgan fingerprint density at radius 1 is 1.07 bits per heavy atom. The second kappa shape index (κ2) is 7.30. The molecule has 1 saturated carbocycles. The minimum Gasteiger partial charge on any atom is -0.484 e. The van der Waals surface area contributed by atoms with Crippen LogP contribution in [0.4, 0.5) is 5.69 Å². The molecule has 4 heteroatoms. The quantitative estimate of drug-likeness (QED) is 0.660. The number of benzene rings is 1. The number of fused-ring (bicyclic) bond motifs is 1. The standard InChI is InChI=1S/C25H39NO3/c1-15-16(2)22-20(17(3)21(15)26-19(27)14-23(4,5)6)25(28,24(7,8)29-22)18-12-10-9-11-13-18/h18,28H,9-14H2,1-8H3,(H,26,27). The summed E-state index contributed by atoms with van der Waals surface area (Å²) in [5.74, 6) is 1.00. The van der Waals surface area contributed by atoms with E-state index in [9.17, 15) is 9.90 Å². The van der Waals surface area contributed by atoms with Crippen molar-refractivity contribution in [3.8, 4) is 5.75 Å². The molecule has 2 aliphatic rings. The molecule has 2 N–H and O–H groups in total. The number of hydrogen-bond donors (Lipinski definition) is 2. The van der Waals surface area contributed by atoms with Crippen molar-refractivity contribution in [1.29, 1.82) is 0 Å². The van der Waals surface area contributed by atoms with E-state index in [0.29, 0.717) is 6.42 Å². The van der Waals surface area contributed by atoms with Crippen LogP contribution >= 0.6 is 0 Å². The van der Waals surface area contributed by atoms with Gasteiger partial charge in [-0.2, -0.15) is 0 Å². The van der Waals surface area contributed by atoms with Gasteiger partial charge in [-0.1, -0.05) is 40.0 Å². The minimum absolute atomic E-state index is 0.0161. The van der Waals surface area contributed by atoms with Gasteiger partial charge in [-0.3, -0.25) is 4.79 Å². The summed E-state index contributed by atoms with van der Waals surface area (Å²) in [6.07, 6.45) is 6.02. The van der Waals surface area contributed by atoms with Crippen LogP contribution in [-0.4, -0.2) is 16.6 Å². The normalized spacial score (nSPS) is 24.2. The Kier molecular flexibility index (Phi) is 5.57. The highest BCUT2D eigenvalue weighted by Crippen LogP contribution is 2.58. The molecule has 0 bridgehead atoms. The number of anilines is 1. The molecule has 4 nitrogen and oxygen atoms in total. The molecule has 1 aromatic carbocycles. The van der Waals surface area contributed by atoms with Gasteiger partial charge in [0.2, 0.25) is 5.91 Å². The maximum absolute atomic E-state index is 12.7. The number of ether oxygens (including phenoxy) is 1. The largest absolute Gasteiger partial charge is 0.484 e. The van der Waals surface area contributed by atoms with Crippen LogP contribution in [0.3, 0.4) is 0 Å². The predicted octanol–water partition coefficient (Wildman–Crippen LogP) is 5.93. The van der Waals surface area contributed by atoms with E-state index in [1.54, 1.807) is 0 Å². The summed E-state index contributed by atoms with van der Waals surface area (Å²) in [6.45, 7) is 16.3. The van der Waals surface area contributed by atoms with E-state index in [2.05, 4.69) is 26.1 Å². The molecule has 0 aromatic heterocycles. The Hall–Kier alpha value is -1.55. The SMILES string of the molecule is Cc1c(C)c2c(c(C)c1NC(=O)CC(C)(C)C)C(O)(C1CCCCC1)C(C)(C)O2. The highest BCUT2D eigenvalue weighted by molar-refractivity contribution is 5.93. The van der Waals surface area contributed by atoms with Gasteiger partial charge in [0.1, 0.15) is 17.0 Å². The first kappa shape index (κ1) is 22.1. The molecule has 1 aromatic rings. The zero-order chi connectivity index (χ0) is 21.8. The van der Waals surface area contributed by atoms with Gasteiger partial charge >= 0.3 is 0 Å². The lowest BCUT2D eigenvalue weighted by atomic mass is 9.66. The fourth-order valence-corrected chi connectivity index (χ4v) is 5.41. The van der Waals surface area contributed by atoms with Crippen LogP contribution in [0.2, 0.25) is 0 Å². The van der Waals surface area contributed by atoms with E-state index in [1.807, 2.05) is 34.6 Å². The lowest BCUT2D eigenvalue weighted by molar-refractivity contribution is -0.140. The summed E-state index contributed by atoms with van der Waals surface area (Å²) in [4.78, 5) is 12.7. The van der Waals surface area contributed by atoms with Crippen molar-refractivity contribution < 1.29 is 14.6 Å². The number of nitrogens with one attached hydrogen (secondary N) is 1. The number of carbonyl (C=O) groups excluding carboxylic acids is 1. The van der Waals surface area contributed by atoms with Gasteiger partial charge in [-0.05, 0) is 75.5 Å². The van der Waals surface area contributed by atoms with E-state index in [0.717, 1.165) is 59.4 Å². The monoisotopic (exact) mass is 401 g/mol. The van der Waals surface area contributed by atoms with Crippen molar-refractivity contribution in [1.82, 2.24) is 0 Å². The van der Waals surface area contributed by atoms with Gasteiger partial charge in [0.25, 0.3) is 0 Å². The third-order valence-electron chi connectivity index (χ3n) is 7.06. The minimum atomic E-state index is -1.05. The molecule has 1 amide bonds.